The van der Waals surface area contributed by atoms with Gasteiger partial charge in [-0.2, -0.15) is 5.10 Å². The summed E-state index contributed by atoms with van der Waals surface area (Å²) in [7, 11) is 6.10. The van der Waals surface area contributed by atoms with Crippen LogP contribution in [-0.4, -0.2) is 54.4 Å². The van der Waals surface area contributed by atoms with Gasteiger partial charge in [0.05, 0.1) is 12.2 Å². The predicted octanol–water partition coefficient (Wildman–Crippen LogP) is 1.85. The van der Waals surface area contributed by atoms with Crippen molar-refractivity contribution in [2.75, 3.05) is 33.7 Å². The van der Waals surface area contributed by atoms with Gasteiger partial charge in [0, 0.05) is 38.4 Å². The van der Waals surface area contributed by atoms with Crippen LogP contribution in [0, 0.1) is 5.92 Å². The zero-order valence-electron chi connectivity index (χ0n) is 14.6. The molecule has 0 aliphatic rings. The fourth-order valence-electron chi connectivity index (χ4n) is 2.02. The first-order valence-corrected chi connectivity index (χ1v) is 7.61. The van der Waals surface area contributed by atoms with E-state index >= 15 is 0 Å². The Morgan fingerprint density at radius 1 is 1.36 bits per heavy atom. The van der Waals surface area contributed by atoms with Gasteiger partial charge >= 0.3 is 0 Å². The Morgan fingerprint density at radius 2 is 2.05 bits per heavy atom. The highest BCUT2D eigenvalue weighted by molar-refractivity contribution is 14.0. The first-order chi connectivity index (χ1) is 9.93. The molecule has 1 aromatic rings. The Kier molecular flexibility index (Phi) is 10.4. The minimum atomic E-state index is 0. The monoisotopic (exact) mass is 422 g/mol. The molecular weight excluding hydrogens is 391 g/mol. The standard InChI is InChI=1S/C15H30N6.HI/c1-7-16-15(17-8-12(2)3)18-10-14(20(4)5)13-9-19-21(6)11-13;/h9,11-12,14H,7-8,10H2,1-6H3,(H2,16,17,18);1H. The Bertz CT molecular complexity index is 441. The number of likely N-dealkylation sites (N-methyl/N-ethyl adjacent to an activating group) is 1. The van der Waals surface area contributed by atoms with Gasteiger partial charge in [0.1, 0.15) is 0 Å². The molecule has 0 aliphatic carbocycles. The van der Waals surface area contributed by atoms with Crippen LogP contribution in [0.25, 0.3) is 0 Å². The molecule has 0 saturated heterocycles. The van der Waals surface area contributed by atoms with Crippen molar-refractivity contribution in [1.29, 1.82) is 0 Å². The van der Waals surface area contributed by atoms with E-state index in [1.165, 1.54) is 5.56 Å². The van der Waals surface area contributed by atoms with Crippen molar-refractivity contribution in [2.24, 2.45) is 18.0 Å². The number of hydrogen-bond donors (Lipinski definition) is 2. The highest BCUT2D eigenvalue weighted by Gasteiger charge is 2.16. The first-order valence-electron chi connectivity index (χ1n) is 7.61. The third-order valence-electron chi connectivity index (χ3n) is 3.15. The number of nitrogens with zero attached hydrogens (tertiary/aromatic N) is 4. The van der Waals surface area contributed by atoms with Gasteiger partial charge in [-0.05, 0) is 26.9 Å². The molecule has 0 saturated carbocycles. The van der Waals surface area contributed by atoms with Crippen molar-refractivity contribution in [2.45, 2.75) is 26.8 Å². The average Bonchev–Trinajstić information content (AvgIpc) is 2.82. The fourth-order valence-corrected chi connectivity index (χ4v) is 2.02. The van der Waals surface area contributed by atoms with Crippen LogP contribution < -0.4 is 10.6 Å². The van der Waals surface area contributed by atoms with E-state index in [9.17, 15) is 0 Å². The molecule has 1 atom stereocenters. The van der Waals surface area contributed by atoms with Crippen molar-refractivity contribution < 1.29 is 0 Å². The topological polar surface area (TPSA) is 57.5 Å². The number of halogens is 1. The van der Waals surface area contributed by atoms with Crippen molar-refractivity contribution in [3.63, 3.8) is 0 Å². The Balaban J connectivity index is 0.00000441. The molecule has 1 unspecified atom stereocenters. The lowest BCUT2D eigenvalue weighted by Crippen LogP contribution is -2.42. The Labute approximate surface area is 151 Å². The summed E-state index contributed by atoms with van der Waals surface area (Å²) in [5.74, 6) is 1.44. The van der Waals surface area contributed by atoms with Crippen LogP contribution in [0.5, 0.6) is 0 Å². The summed E-state index contributed by atoms with van der Waals surface area (Å²) in [5.41, 5.74) is 1.20. The second kappa shape index (κ2) is 10.8. The van der Waals surface area contributed by atoms with Crippen LogP contribution in [0.2, 0.25) is 0 Å². The predicted molar refractivity (Wildman–Crippen MR) is 104 cm³/mol. The maximum absolute atomic E-state index is 4.60. The Morgan fingerprint density at radius 3 is 2.50 bits per heavy atom. The summed E-state index contributed by atoms with van der Waals surface area (Å²) in [6.07, 6.45) is 3.98. The molecule has 1 heterocycles. The number of aliphatic imine (C=N–C) groups is 1. The van der Waals surface area contributed by atoms with Crippen LogP contribution in [0.15, 0.2) is 17.4 Å². The number of guanidine groups is 1. The van der Waals surface area contributed by atoms with Gasteiger partial charge in [-0.3, -0.25) is 9.67 Å². The van der Waals surface area contributed by atoms with Crippen LogP contribution in [0.3, 0.4) is 0 Å². The van der Waals surface area contributed by atoms with Gasteiger partial charge in [-0.1, -0.05) is 13.8 Å². The summed E-state index contributed by atoms with van der Waals surface area (Å²) in [6.45, 7) is 8.91. The highest BCUT2D eigenvalue weighted by Crippen LogP contribution is 2.15. The van der Waals surface area contributed by atoms with Crippen molar-refractivity contribution in [3.8, 4) is 0 Å². The van der Waals surface area contributed by atoms with Crippen LogP contribution in [0.4, 0.5) is 0 Å². The first kappa shape index (κ1) is 21.2. The maximum Gasteiger partial charge on any atom is 0.191 e. The van der Waals surface area contributed by atoms with E-state index in [1.54, 1.807) is 0 Å². The molecule has 0 amide bonds. The summed E-state index contributed by atoms with van der Waals surface area (Å²) >= 11 is 0. The molecule has 0 aromatic carbocycles. The van der Waals surface area contributed by atoms with Gasteiger partial charge in [0.25, 0.3) is 0 Å². The minimum Gasteiger partial charge on any atom is -0.357 e. The van der Waals surface area contributed by atoms with Gasteiger partial charge in [0.2, 0.25) is 0 Å². The highest BCUT2D eigenvalue weighted by atomic mass is 127. The smallest absolute Gasteiger partial charge is 0.191 e. The zero-order valence-corrected chi connectivity index (χ0v) is 17.0. The van der Waals surface area contributed by atoms with Gasteiger partial charge < -0.3 is 15.5 Å². The van der Waals surface area contributed by atoms with E-state index in [0.29, 0.717) is 5.92 Å². The van der Waals surface area contributed by atoms with Gasteiger partial charge in [-0.15, -0.1) is 24.0 Å². The molecule has 0 radical (unpaired) electrons. The minimum absolute atomic E-state index is 0. The van der Waals surface area contributed by atoms with E-state index in [0.717, 1.165) is 25.6 Å². The molecule has 22 heavy (non-hydrogen) atoms. The normalized spacial score (nSPS) is 13.2. The summed E-state index contributed by atoms with van der Waals surface area (Å²) in [6, 6.07) is 0.265. The molecule has 2 N–H and O–H groups in total. The van der Waals surface area contributed by atoms with Gasteiger partial charge in [-0.25, -0.2) is 0 Å². The molecule has 0 fully saturated rings. The molecular formula is C15H31IN6. The lowest BCUT2D eigenvalue weighted by molar-refractivity contribution is 0.298. The van der Waals surface area contributed by atoms with Crippen LogP contribution in [-0.2, 0) is 7.05 Å². The summed E-state index contributed by atoms with van der Waals surface area (Å²) in [4.78, 5) is 6.79. The van der Waals surface area contributed by atoms with E-state index in [2.05, 4.69) is 66.7 Å². The molecule has 6 nitrogen and oxygen atoms in total. The lowest BCUT2D eigenvalue weighted by Gasteiger charge is -2.24. The number of rotatable bonds is 7. The number of aryl methyl sites for hydroxylation is 1. The number of hydrogen-bond acceptors (Lipinski definition) is 3. The van der Waals surface area contributed by atoms with Crippen LogP contribution in [0.1, 0.15) is 32.4 Å². The van der Waals surface area contributed by atoms with Crippen LogP contribution >= 0.6 is 24.0 Å². The van der Waals surface area contributed by atoms with Crippen molar-refractivity contribution in [1.82, 2.24) is 25.3 Å². The maximum atomic E-state index is 4.60. The molecule has 0 spiro atoms. The lowest BCUT2D eigenvalue weighted by atomic mass is 10.1. The molecule has 1 rings (SSSR count). The summed E-state index contributed by atoms with van der Waals surface area (Å²) < 4.78 is 1.84. The zero-order chi connectivity index (χ0) is 15.8. The van der Waals surface area contributed by atoms with Crippen molar-refractivity contribution in [3.05, 3.63) is 18.0 Å². The SMILES string of the molecule is CCNC(=NCC(C)C)NCC(c1cnn(C)c1)N(C)C.I. The second-order valence-corrected chi connectivity index (χ2v) is 5.92. The summed E-state index contributed by atoms with van der Waals surface area (Å²) in [5, 5.41) is 11.0. The Hall–Kier alpha value is -0.830. The van der Waals surface area contributed by atoms with Gasteiger partial charge in [0.15, 0.2) is 5.96 Å². The third-order valence-corrected chi connectivity index (χ3v) is 3.15. The number of nitrogens with one attached hydrogen (secondary N) is 2. The molecule has 128 valence electrons. The van der Waals surface area contributed by atoms with E-state index in [-0.39, 0.29) is 30.0 Å². The molecule has 7 heteroatoms. The molecule has 0 bridgehead atoms. The number of aromatic nitrogens is 2. The van der Waals surface area contributed by atoms with E-state index in [1.807, 2.05) is 17.9 Å². The average molecular weight is 422 g/mol. The largest absolute Gasteiger partial charge is 0.357 e. The quantitative estimate of drug-likeness (QED) is 0.400. The fraction of sp³-hybridized carbons (Fsp3) is 0.733. The molecule has 1 aromatic heterocycles. The van der Waals surface area contributed by atoms with E-state index < -0.39 is 0 Å². The second-order valence-electron chi connectivity index (χ2n) is 5.92. The molecule has 0 aliphatic heterocycles. The van der Waals surface area contributed by atoms with Crippen molar-refractivity contribution >= 4 is 29.9 Å². The third kappa shape index (κ3) is 7.44. The van der Waals surface area contributed by atoms with E-state index in [4.69, 9.17) is 0 Å².